The highest BCUT2D eigenvalue weighted by molar-refractivity contribution is 5.97. The van der Waals surface area contributed by atoms with Crippen LogP contribution in [0.3, 0.4) is 0 Å². The number of carbonyl (C=O) groups is 2. The predicted molar refractivity (Wildman–Crippen MR) is 97.5 cm³/mol. The molecule has 2 heterocycles. The third kappa shape index (κ3) is 4.65. The minimum absolute atomic E-state index is 0.0508. The zero-order valence-electron chi connectivity index (χ0n) is 15.8. The molecule has 2 aliphatic heterocycles. The molecule has 6 nitrogen and oxygen atoms in total. The Bertz CT molecular complexity index is 668. The third-order valence-corrected chi connectivity index (χ3v) is 5.22. The molecule has 0 bridgehead atoms. The van der Waals surface area contributed by atoms with E-state index in [1.807, 2.05) is 13.8 Å². The van der Waals surface area contributed by atoms with Gasteiger partial charge in [-0.2, -0.15) is 0 Å². The summed E-state index contributed by atoms with van der Waals surface area (Å²) in [6.45, 7) is 6.20. The van der Waals surface area contributed by atoms with E-state index in [-0.39, 0.29) is 23.7 Å². The fraction of sp³-hybridized carbons (Fsp3) is 0.600. The van der Waals surface area contributed by atoms with Crippen LogP contribution in [0, 0.1) is 17.7 Å². The lowest BCUT2D eigenvalue weighted by molar-refractivity contribution is -0.139. The Labute approximate surface area is 159 Å². The first-order valence-electron chi connectivity index (χ1n) is 9.54. The Balaban J connectivity index is 1.60. The molecule has 2 amide bonds. The molecule has 148 valence electrons. The van der Waals surface area contributed by atoms with Gasteiger partial charge >= 0.3 is 0 Å². The summed E-state index contributed by atoms with van der Waals surface area (Å²) >= 11 is 0. The maximum atomic E-state index is 13.9. The van der Waals surface area contributed by atoms with Crippen LogP contribution in [-0.4, -0.2) is 55.3 Å². The summed E-state index contributed by atoms with van der Waals surface area (Å²) in [6.07, 6.45) is 1.45. The van der Waals surface area contributed by atoms with Gasteiger partial charge in [0.05, 0.1) is 18.8 Å². The molecule has 0 aromatic heterocycles. The largest absolute Gasteiger partial charge is 0.350 e. The first kappa shape index (κ1) is 19.8. The highest BCUT2D eigenvalue weighted by atomic mass is 19.1. The Kier molecular flexibility index (Phi) is 6.44. The van der Waals surface area contributed by atoms with Gasteiger partial charge in [0.25, 0.3) is 5.91 Å². The van der Waals surface area contributed by atoms with Crippen molar-refractivity contribution < 1.29 is 23.5 Å². The summed E-state index contributed by atoms with van der Waals surface area (Å²) in [4.78, 5) is 27.2. The van der Waals surface area contributed by atoms with Gasteiger partial charge in [0, 0.05) is 19.0 Å². The van der Waals surface area contributed by atoms with E-state index in [9.17, 15) is 14.0 Å². The van der Waals surface area contributed by atoms with Crippen LogP contribution in [0.25, 0.3) is 0 Å². The number of carbonyl (C=O) groups excluding carboxylic acids is 2. The normalized spacial score (nSPS) is 20.1. The maximum Gasteiger partial charge on any atom is 0.254 e. The summed E-state index contributed by atoms with van der Waals surface area (Å²) in [7, 11) is 0. The lowest BCUT2D eigenvalue weighted by Gasteiger charge is -2.36. The van der Waals surface area contributed by atoms with Gasteiger partial charge in [0.15, 0.2) is 6.29 Å². The molecule has 1 N–H and O–H groups in total. The quantitative estimate of drug-likeness (QED) is 0.853. The van der Waals surface area contributed by atoms with E-state index in [0.717, 1.165) is 12.8 Å². The second-order valence-electron chi connectivity index (χ2n) is 7.45. The number of halogens is 1. The number of hydrogen-bond acceptors (Lipinski definition) is 4. The number of amides is 2. The fourth-order valence-corrected chi connectivity index (χ4v) is 3.62. The van der Waals surface area contributed by atoms with Crippen molar-refractivity contribution in [1.82, 2.24) is 10.2 Å². The molecule has 27 heavy (non-hydrogen) atoms. The Hall–Kier alpha value is -1.99. The van der Waals surface area contributed by atoms with Crippen molar-refractivity contribution in [1.29, 1.82) is 0 Å². The molecule has 0 saturated carbocycles. The minimum Gasteiger partial charge on any atom is -0.350 e. The number of piperidine rings is 1. The van der Waals surface area contributed by atoms with Crippen molar-refractivity contribution in [3.8, 4) is 0 Å². The van der Waals surface area contributed by atoms with E-state index in [2.05, 4.69) is 5.32 Å². The van der Waals surface area contributed by atoms with Crippen LogP contribution < -0.4 is 5.32 Å². The second-order valence-corrected chi connectivity index (χ2v) is 7.45. The van der Waals surface area contributed by atoms with Gasteiger partial charge in [-0.05, 0) is 30.9 Å². The SMILES string of the molecule is CC(C)C(NC(=O)c1ccccc1F)C(=O)N1CCC(C2OCCO2)CC1. The lowest BCUT2D eigenvalue weighted by Crippen LogP contribution is -2.53. The molecular weight excluding hydrogens is 351 g/mol. The third-order valence-electron chi connectivity index (χ3n) is 5.22. The first-order chi connectivity index (χ1) is 13.0. The van der Waals surface area contributed by atoms with E-state index in [0.29, 0.717) is 32.2 Å². The zero-order valence-corrected chi connectivity index (χ0v) is 15.8. The highest BCUT2D eigenvalue weighted by Gasteiger charge is 2.35. The summed E-state index contributed by atoms with van der Waals surface area (Å²) < 4.78 is 25.0. The smallest absolute Gasteiger partial charge is 0.254 e. The zero-order chi connectivity index (χ0) is 19.4. The monoisotopic (exact) mass is 378 g/mol. The van der Waals surface area contributed by atoms with Gasteiger partial charge in [0.1, 0.15) is 11.9 Å². The lowest BCUT2D eigenvalue weighted by atomic mass is 9.94. The molecule has 1 unspecified atom stereocenters. The van der Waals surface area contributed by atoms with Crippen LogP contribution in [0.1, 0.15) is 37.0 Å². The Morgan fingerprint density at radius 2 is 1.78 bits per heavy atom. The maximum absolute atomic E-state index is 13.9. The Morgan fingerprint density at radius 1 is 1.15 bits per heavy atom. The van der Waals surface area contributed by atoms with Gasteiger partial charge in [-0.1, -0.05) is 26.0 Å². The van der Waals surface area contributed by atoms with Crippen LogP contribution in [-0.2, 0) is 14.3 Å². The minimum atomic E-state index is -0.687. The van der Waals surface area contributed by atoms with Crippen molar-refractivity contribution in [3.05, 3.63) is 35.6 Å². The van der Waals surface area contributed by atoms with Crippen LogP contribution >= 0.6 is 0 Å². The number of hydrogen-bond donors (Lipinski definition) is 1. The molecule has 2 saturated heterocycles. The van der Waals surface area contributed by atoms with Crippen LogP contribution in [0.4, 0.5) is 4.39 Å². The van der Waals surface area contributed by atoms with Crippen molar-refractivity contribution in [3.63, 3.8) is 0 Å². The van der Waals surface area contributed by atoms with E-state index < -0.39 is 17.8 Å². The molecule has 1 atom stereocenters. The van der Waals surface area contributed by atoms with E-state index in [1.54, 1.807) is 11.0 Å². The molecule has 2 aliphatic rings. The fourth-order valence-electron chi connectivity index (χ4n) is 3.62. The van der Waals surface area contributed by atoms with Crippen molar-refractivity contribution in [2.75, 3.05) is 26.3 Å². The van der Waals surface area contributed by atoms with Gasteiger partial charge in [-0.15, -0.1) is 0 Å². The summed E-state index contributed by atoms with van der Waals surface area (Å²) in [5.74, 6) is -1.10. The second kappa shape index (κ2) is 8.80. The van der Waals surface area contributed by atoms with Crippen LogP contribution in [0.2, 0.25) is 0 Å². The summed E-state index contributed by atoms with van der Waals surface area (Å²) in [5, 5.41) is 2.72. The highest BCUT2D eigenvalue weighted by Crippen LogP contribution is 2.26. The van der Waals surface area contributed by atoms with Gasteiger partial charge in [0.2, 0.25) is 5.91 Å². The molecule has 0 aliphatic carbocycles. The molecule has 3 rings (SSSR count). The van der Waals surface area contributed by atoms with Crippen molar-refractivity contribution in [2.45, 2.75) is 39.0 Å². The average Bonchev–Trinajstić information content (AvgIpc) is 3.20. The standard InChI is InChI=1S/C20H27FN2O4/c1-13(2)17(22-18(24)15-5-3-4-6-16(15)21)19(25)23-9-7-14(8-10-23)20-26-11-12-27-20/h3-6,13-14,17,20H,7-12H2,1-2H3,(H,22,24). The number of nitrogens with one attached hydrogen (secondary N) is 1. The number of benzene rings is 1. The van der Waals surface area contributed by atoms with E-state index >= 15 is 0 Å². The van der Waals surface area contributed by atoms with Crippen molar-refractivity contribution in [2.24, 2.45) is 11.8 Å². The molecular formula is C20H27FN2O4. The van der Waals surface area contributed by atoms with E-state index in [1.165, 1.54) is 18.2 Å². The van der Waals surface area contributed by atoms with Gasteiger partial charge in [-0.25, -0.2) is 4.39 Å². The number of likely N-dealkylation sites (tertiary alicyclic amines) is 1. The molecule has 0 spiro atoms. The molecule has 7 heteroatoms. The first-order valence-corrected chi connectivity index (χ1v) is 9.54. The molecule has 2 fully saturated rings. The molecule has 0 radical (unpaired) electrons. The Morgan fingerprint density at radius 3 is 2.37 bits per heavy atom. The van der Waals surface area contributed by atoms with E-state index in [4.69, 9.17) is 9.47 Å². The van der Waals surface area contributed by atoms with Crippen molar-refractivity contribution >= 4 is 11.8 Å². The summed E-state index contributed by atoms with van der Waals surface area (Å²) in [6, 6.07) is 5.09. The number of rotatable bonds is 5. The van der Waals surface area contributed by atoms with Crippen LogP contribution in [0.5, 0.6) is 0 Å². The predicted octanol–water partition coefficient (Wildman–Crippen LogP) is 2.19. The molecule has 1 aromatic rings. The number of nitrogens with zero attached hydrogens (tertiary/aromatic N) is 1. The van der Waals surface area contributed by atoms with Gasteiger partial charge < -0.3 is 19.7 Å². The molecule has 1 aromatic carbocycles. The van der Waals surface area contributed by atoms with Crippen LogP contribution in [0.15, 0.2) is 24.3 Å². The number of ether oxygens (including phenoxy) is 2. The van der Waals surface area contributed by atoms with Gasteiger partial charge in [-0.3, -0.25) is 9.59 Å². The summed E-state index contributed by atoms with van der Waals surface area (Å²) in [5.41, 5.74) is -0.0508. The topological polar surface area (TPSA) is 67.9 Å². The average molecular weight is 378 g/mol.